The summed E-state index contributed by atoms with van der Waals surface area (Å²) in [5, 5.41) is 7.72. The summed E-state index contributed by atoms with van der Waals surface area (Å²) in [4.78, 5) is 18.2. The van der Waals surface area contributed by atoms with Gasteiger partial charge in [0.1, 0.15) is 23.1 Å². The zero-order valence-electron chi connectivity index (χ0n) is 19.5. The van der Waals surface area contributed by atoms with Crippen molar-refractivity contribution in [2.45, 2.75) is 27.7 Å². The van der Waals surface area contributed by atoms with E-state index in [4.69, 9.17) is 4.74 Å². The Morgan fingerprint density at radius 3 is 2.44 bits per heavy atom. The molecule has 0 bridgehead atoms. The molecule has 0 saturated heterocycles. The van der Waals surface area contributed by atoms with Crippen molar-refractivity contribution in [2.24, 2.45) is 7.05 Å². The Morgan fingerprint density at radius 1 is 1.03 bits per heavy atom. The number of hydrogen-bond acceptors (Lipinski definition) is 5. The van der Waals surface area contributed by atoms with Crippen LogP contribution in [-0.4, -0.2) is 19.7 Å². The van der Waals surface area contributed by atoms with E-state index in [0.717, 1.165) is 26.3 Å². The molecule has 6 nitrogen and oxygen atoms in total. The first-order chi connectivity index (χ1) is 16.2. The molecule has 3 heterocycles. The van der Waals surface area contributed by atoms with Crippen LogP contribution in [0.25, 0.3) is 31.9 Å². The molecule has 0 spiro atoms. The first-order valence-corrected chi connectivity index (χ1v) is 11.6. The molecular weight excluding hydrogens is 451 g/mol. The molecule has 5 aromatic rings. The van der Waals surface area contributed by atoms with Gasteiger partial charge in [-0.15, -0.1) is 11.3 Å². The van der Waals surface area contributed by atoms with Crippen LogP contribution in [0.2, 0.25) is 0 Å². The van der Waals surface area contributed by atoms with Gasteiger partial charge in [0.2, 0.25) is 0 Å². The summed E-state index contributed by atoms with van der Waals surface area (Å²) in [6, 6.07) is 10.7. The number of fused-ring (bicyclic) bond motifs is 1. The van der Waals surface area contributed by atoms with Gasteiger partial charge in [-0.05, 0) is 69.2 Å². The molecule has 0 radical (unpaired) electrons. The summed E-state index contributed by atoms with van der Waals surface area (Å²) in [5.41, 5.74) is 4.12. The molecule has 0 aliphatic carbocycles. The van der Waals surface area contributed by atoms with Gasteiger partial charge < -0.3 is 9.30 Å². The van der Waals surface area contributed by atoms with Crippen LogP contribution in [0.3, 0.4) is 0 Å². The van der Waals surface area contributed by atoms with E-state index in [2.05, 4.69) is 15.2 Å². The third kappa shape index (κ3) is 3.80. The van der Waals surface area contributed by atoms with Crippen LogP contribution in [0.5, 0.6) is 11.5 Å². The average Bonchev–Trinajstić information content (AvgIpc) is 3.41. The molecule has 8 heteroatoms. The third-order valence-electron chi connectivity index (χ3n) is 5.73. The lowest BCUT2D eigenvalue weighted by molar-refractivity contribution is 0.474. The van der Waals surface area contributed by atoms with Crippen molar-refractivity contribution in [3.05, 3.63) is 81.3 Å². The Labute approximate surface area is 199 Å². The maximum absolute atomic E-state index is 13.8. The lowest BCUT2D eigenvalue weighted by Gasteiger charge is -2.17. The van der Waals surface area contributed by atoms with E-state index in [1.54, 1.807) is 11.6 Å². The molecule has 2 aromatic carbocycles. The van der Waals surface area contributed by atoms with Gasteiger partial charge in [0.15, 0.2) is 5.82 Å². The molecule has 5 rings (SSSR count). The van der Waals surface area contributed by atoms with Gasteiger partial charge in [0, 0.05) is 24.4 Å². The minimum Gasteiger partial charge on any atom is -0.456 e. The van der Waals surface area contributed by atoms with Crippen molar-refractivity contribution < 1.29 is 9.13 Å². The van der Waals surface area contributed by atoms with Crippen molar-refractivity contribution in [2.75, 3.05) is 0 Å². The predicted octanol–water partition coefficient (Wildman–Crippen LogP) is 6.22. The van der Waals surface area contributed by atoms with E-state index in [-0.39, 0.29) is 11.4 Å². The first kappa shape index (κ1) is 22.0. The standard InChI is InChI=1S/C26H23FN4O2S/c1-13-6-7-21(33-23-14(2)9-17(27)10-15(23)3)18(8-13)20-12-31(5)26(32)19-11-22(34-24(19)20)25-28-16(4)29-30-25/h6-12H,1-5H3,(H,28,29,30). The number of thiophene rings is 1. The second kappa shape index (κ2) is 8.22. The van der Waals surface area contributed by atoms with Crippen molar-refractivity contribution in [3.8, 4) is 33.3 Å². The van der Waals surface area contributed by atoms with Crippen LogP contribution in [0.1, 0.15) is 22.5 Å². The molecule has 172 valence electrons. The van der Waals surface area contributed by atoms with Gasteiger partial charge >= 0.3 is 0 Å². The zero-order chi connectivity index (χ0) is 24.1. The Hall–Kier alpha value is -3.78. The molecular formula is C26H23FN4O2S. The SMILES string of the molecule is Cc1ccc(Oc2c(C)cc(F)cc2C)c(-c2cn(C)c(=O)c3cc(-c4n[nH]c(C)n4)sc23)c1. The number of rotatable bonds is 4. The summed E-state index contributed by atoms with van der Waals surface area (Å²) in [6.07, 6.45) is 1.83. The number of H-pyrrole nitrogens is 1. The van der Waals surface area contributed by atoms with Gasteiger partial charge in [-0.3, -0.25) is 9.89 Å². The van der Waals surface area contributed by atoms with E-state index in [0.29, 0.717) is 39.7 Å². The van der Waals surface area contributed by atoms with Gasteiger partial charge in [-0.25, -0.2) is 9.37 Å². The molecule has 0 amide bonds. The molecule has 0 fully saturated rings. The number of halogens is 1. The summed E-state index contributed by atoms with van der Waals surface area (Å²) in [7, 11) is 1.74. The number of aromatic nitrogens is 4. The Bertz CT molecular complexity index is 1610. The fourth-order valence-electron chi connectivity index (χ4n) is 4.12. The van der Waals surface area contributed by atoms with Crippen LogP contribution in [0, 0.1) is 33.5 Å². The monoisotopic (exact) mass is 474 g/mol. The van der Waals surface area contributed by atoms with E-state index < -0.39 is 0 Å². The van der Waals surface area contributed by atoms with E-state index in [1.165, 1.54) is 23.5 Å². The molecule has 0 aliphatic heterocycles. The van der Waals surface area contributed by atoms with Crippen molar-refractivity contribution in [1.82, 2.24) is 19.7 Å². The first-order valence-electron chi connectivity index (χ1n) is 10.8. The highest BCUT2D eigenvalue weighted by Gasteiger charge is 2.19. The Balaban J connectivity index is 1.73. The lowest BCUT2D eigenvalue weighted by Crippen LogP contribution is -2.15. The van der Waals surface area contributed by atoms with Crippen LogP contribution >= 0.6 is 11.3 Å². The van der Waals surface area contributed by atoms with Crippen LogP contribution in [0.4, 0.5) is 4.39 Å². The number of aryl methyl sites for hydroxylation is 5. The maximum atomic E-state index is 13.8. The number of aromatic amines is 1. The molecule has 0 aliphatic rings. The van der Waals surface area contributed by atoms with Crippen molar-refractivity contribution in [3.63, 3.8) is 0 Å². The van der Waals surface area contributed by atoms with Crippen LogP contribution < -0.4 is 10.3 Å². The van der Waals surface area contributed by atoms with E-state index in [1.807, 2.05) is 58.2 Å². The summed E-state index contributed by atoms with van der Waals surface area (Å²) >= 11 is 1.47. The number of ether oxygens (including phenoxy) is 1. The Kier molecular flexibility index (Phi) is 5.32. The number of hydrogen-bond donors (Lipinski definition) is 1. The second-order valence-electron chi connectivity index (χ2n) is 8.53. The van der Waals surface area contributed by atoms with Gasteiger partial charge in [0.05, 0.1) is 15.0 Å². The normalized spacial score (nSPS) is 11.4. The third-order valence-corrected chi connectivity index (χ3v) is 6.89. The van der Waals surface area contributed by atoms with Gasteiger partial charge in [-0.2, -0.15) is 5.10 Å². The molecule has 34 heavy (non-hydrogen) atoms. The number of pyridine rings is 1. The summed E-state index contributed by atoms with van der Waals surface area (Å²) in [6.45, 7) is 7.50. The van der Waals surface area contributed by atoms with Crippen LogP contribution in [0.15, 0.2) is 47.4 Å². The van der Waals surface area contributed by atoms with Gasteiger partial charge in [-0.1, -0.05) is 11.6 Å². The fraction of sp³-hybridized carbons (Fsp3) is 0.192. The highest BCUT2D eigenvalue weighted by molar-refractivity contribution is 7.22. The average molecular weight is 475 g/mol. The molecule has 0 saturated carbocycles. The maximum Gasteiger partial charge on any atom is 0.259 e. The molecule has 0 atom stereocenters. The quantitative estimate of drug-likeness (QED) is 0.336. The number of nitrogens with zero attached hydrogens (tertiary/aromatic N) is 3. The summed E-state index contributed by atoms with van der Waals surface area (Å²) < 4.78 is 22.6. The predicted molar refractivity (Wildman–Crippen MR) is 133 cm³/mol. The van der Waals surface area contributed by atoms with Crippen molar-refractivity contribution in [1.29, 1.82) is 0 Å². The Morgan fingerprint density at radius 2 is 1.76 bits per heavy atom. The number of benzene rings is 2. The fourth-order valence-corrected chi connectivity index (χ4v) is 5.23. The van der Waals surface area contributed by atoms with Gasteiger partial charge in [0.25, 0.3) is 5.56 Å². The van der Waals surface area contributed by atoms with Crippen molar-refractivity contribution >= 4 is 21.4 Å². The molecule has 1 N–H and O–H groups in total. The minimum atomic E-state index is -0.292. The lowest BCUT2D eigenvalue weighted by atomic mass is 10.0. The minimum absolute atomic E-state index is 0.0890. The van der Waals surface area contributed by atoms with E-state index in [9.17, 15) is 9.18 Å². The summed E-state index contributed by atoms with van der Waals surface area (Å²) in [5.74, 6) is 2.23. The highest BCUT2D eigenvalue weighted by Crippen LogP contribution is 2.42. The second-order valence-corrected chi connectivity index (χ2v) is 9.58. The van der Waals surface area contributed by atoms with E-state index >= 15 is 0 Å². The largest absolute Gasteiger partial charge is 0.456 e. The smallest absolute Gasteiger partial charge is 0.259 e. The number of nitrogens with one attached hydrogen (secondary N) is 1. The molecule has 0 unspecified atom stereocenters. The molecule has 3 aromatic heterocycles. The highest BCUT2D eigenvalue weighted by atomic mass is 32.1. The zero-order valence-corrected chi connectivity index (χ0v) is 20.3. The van der Waals surface area contributed by atoms with Crippen LogP contribution in [-0.2, 0) is 7.05 Å². The topological polar surface area (TPSA) is 72.8 Å².